The van der Waals surface area contributed by atoms with Gasteiger partial charge in [0, 0.05) is 12.8 Å². The Morgan fingerprint density at radius 1 is 0.868 bits per heavy atom. The predicted octanol–water partition coefficient (Wildman–Crippen LogP) is 4.70. The first kappa shape index (κ1) is 32.5. The molecule has 1 aromatic carbocycles. The standard InChI is InChI=1S/C26H39NO11/c1-7-10-33-23(30)36-18(6)12-26(27,22(28)29)13-19-8-9-20(37-24(31)34-14-16(2)3)21(11-19)38-25(32)35-15-17(4)5/h8-9,11,16-18H,7,10,12-15,27H2,1-6H3,(H,28,29)/t18-,26?/m0/s1. The first-order chi connectivity index (χ1) is 17.7. The summed E-state index contributed by atoms with van der Waals surface area (Å²) < 4.78 is 30.4. The van der Waals surface area contributed by atoms with E-state index in [1.54, 1.807) is 0 Å². The number of carboxylic acid groups (broad SMARTS) is 1. The van der Waals surface area contributed by atoms with Crippen molar-refractivity contribution in [1.29, 1.82) is 0 Å². The molecule has 0 saturated heterocycles. The largest absolute Gasteiger partial charge is 0.513 e. The molecule has 3 N–H and O–H groups in total. The van der Waals surface area contributed by atoms with Gasteiger partial charge in [0.05, 0.1) is 19.8 Å². The van der Waals surface area contributed by atoms with Crippen LogP contribution in [0.2, 0.25) is 0 Å². The van der Waals surface area contributed by atoms with Crippen molar-refractivity contribution in [2.24, 2.45) is 17.6 Å². The third-order valence-corrected chi connectivity index (χ3v) is 4.78. The third kappa shape index (κ3) is 12.1. The van der Waals surface area contributed by atoms with Gasteiger partial charge in [0.1, 0.15) is 11.6 Å². The van der Waals surface area contributed by atoms with Crippen LogP contribution in [0.4, 0.5) is 14.4 Å². The molecular weight excluding hydrogens is 502 g/mol. The molecule has 0 aliphatic carbocycles. The summed E-state index contributed by atoms with van der Waals surface area (Å²) >= 11 is 0. The van der Waals surface area contributed by atoms with E-state index in [9.17, 15) is 24.3 Å². The zero-order valence-electron chi connectivity index (χ0n) is 22.8. The summed E-state index contributed by atoms with van der Waals surface area (Å²) in [6.07, 6.45) is -3.73. The summed E-state index contributed by atoms with van der Waals surface area (Å²) in [5.41, 5.74) is 4.67. The second-order valence-corrected chi connectivity index (χ2v) is 9.76. The number of hydrogen-bond donors (Lipinski definition) is 2. The van der Waals surface area contributed by atoms with Crippen LogP contribution in [-0.2, 0) is 30.2 Å². The highest BCUT2D eigenvalue weighted by Gasteiger charge is 2.37. The molecule has 0 amide bonds. The number of benzene rings is 1. The fourth-order valence-electron chi connectivity index (χ4n) is 3.07. The zero-order chi connectivity index (χ0) is 28.9. The molecule has 0 heterocycles. The van der Waals surface area contributed by atoms with Crippen LogP contribution >= 0.6 is 0 Å². The Morgan fingerprint density at radius 3 is 1.92 bits per heavy atom. The van der Waals surface area contributed by atoms with E-state index >= 15 is 0 Å². The first-order valence-electron chi connectivity index (χ1n) is 12.4. The molecule has 0 saturated carbocycles. The van der Waals surface area contributed by atoms with E-state index < -0.39 is 36.1 Å². The van der Waals surface area contributed by atoms with Crippen LogP contribution in [0, 0.1) is 11.8 Å². The molecule has 0 aliphatic heterocycles. The number of carbonyl (C=O) groups is 4. The van der Waals surface area contributed by atoms with Crippen LogP contribution in [-0.4, -0.2) is 61.0 Å². The Kier molecular flexibility index (Phi) is 13.4. The maximum atomic E-state index is 12.2. The van der Waals surface area contributed by atoms with Gasteiger partial charge >= 0.3 is 24.4 Å². The molecule has 0 radical (unpaired) electrons. The van der Waals surface area contributed by atoms with Crippen molar-refractivity contribution in [3.63, 3.8) is 0 Å². The number of rotatable bonds is 14. The fourth-order valence-corrected chi connectivity index (χ4v) is 3.07. The normalized spacial score (nSPS) is 13.3. The summed E-state index contributed by atoms with van der Waals surface area (Å²) in [6.45, 7) is 11.1. The van der Waals surface area contributed by atoms with Gasteiger partial charge in [0.15, 0.2) is 11.5 Å². The van der Waals surface area contributed by atoms with Gasteiger partial charge in [-0.25, -0.2) is 14.4 Å². The average Bonchev–Trinajstić information content (AvgIpc) is 2.81. The van der Waals surface area contributed by atoms with Gasteiger partial charge < -0.3 is 39.3 Å². The predicted molar refractivity (Wildman–Crippen MR) is 135 cm³/mol. The maximum absolute atomic E-state index is 12.2. The van der Waals surface area contributed by atoms with Crippen molar-refractivity contribution in [2.75, 3.05) is 19.8 Å². The Bertz CT molecular complexity index is 947. The lowest BCUT2D eigenvalue weighted by Crippen LogP contribution is -2.52. The third-order valence-electron chi connectivity index (χ3n) is 4.78. The minimum atomic E-state index is -1.86. The molecule has 12 nitrogen and oxygen atoms in total. The highest BCUT2D eigenvalue weighted by molar-refractivity contribution is 5.79. The van der Waals surface area contributed by atoms with Crippen molar-refractivity contribution in [3.8, 4) is 11.5 Å². The van der Waals surface area contributed by atoms with E-state index in [1.165, 1.54) is 25.1 Å². The summed E-state index contributed by atoms with van der Waals surface area (Å²) in [4.78, 5) is 48.1. The number of hydrogen-bond acceptors (Lipinski definition) is 11. The minimum Gasteiger partial charge on any atom is -0.480 e. The molecule has 0 fully saturated rings. The average molecular weight is 542 g/mol. The van der Waals surface area contributed by atoms with Crippen LogP contribution < -0.4 is 15.2 Å². The van der Waals surface area contributed by atoms with Gasteiger partial charge in [-0.15, -0.1) is 0 Å². The van der Waals surface area contributed by atoms with Crippen LogP contribution in [0.5, 0.6) is 11.5 Å². The van der Waals surface area contributed by atoms with Gasteiger partial charge in [-0.05, 0) is 42.9 Å². The lowest BCUT2D eigenvalue weighted by atomic mass is 9.86. The lowest BCUT2D eigenvalue weighted by Gasteiger charge is -2.28. The molecular formula is C26H39NO11. The molecule has 0 aliphatic rings. The molecule has 214 valence electrons. The summed E-state index contributed by atoms with van der Waals surface area (Å²) in [5, 5.41) is 9.84. The monoisotopic (exact) mass is 541 g/mol. The highest BCUT2D eigenvalue weighted by atomic mass is 16.7. The van der Waals surface area contributed by atoms with Crippen molar-refractivity contribution in [2.45, 2.75) is 72.4 Å². The maximum Gasteiger partial charge on any atom is 0.513 e. The lowest BCUT2D eigenvalue weighted by molar-refractivity contribution is -0.144. The van der Waals surface area contributed by atoms with E-state index in [0.29, 0.717) is 12.0 Å². The van der Waals surface area contributed by atoms with Gasteiger partial charge in [0.2, 0.25) is 0 Å². The molecule has 0 spiro atoms. The molecule has 1 rings (SSSR count). The first-order valence-corrected chi connectivity index (χ1v) is 12.4. The van der Waals surface area contributed by atoms with Crippen LogP contribution in [0.15, 0.2) is 18.2 Å². The van der Waals surface area contributed by atoms with Crippen LogP contribution in [0.3, 0.4) is 0 Å². The fraction of sp³-hybridized carbons (Fsp3) is 0.615. The molecule has 0 aromatic heterocycles. The molecule has 0 bridgehead atoms. The van der Waals surface area contributed by atoms with Crippen molar-refractivity contribution < 1.29 is 52.7 Å². The molecule has 38 heavy (non-hydrogen) atoms. The molecule has 12 heteroatoms. The molecule has 2 atom stereocenters. The number of ether oxygens (including phenoxy) is 6. The van der Waals surface area contributed by atoms with Crippen LogP contribution in [0.25, 0.3) is 0 Å². The second-order valence-electron chi connectivity index (χ2n) is 9.76. The van der Waals surface area contributed by atoms with Crippen molar-refractivity contribution in [1.82, 2.24) is 0 Å². The number of aliphatic carboxylic acids is 1. The topological polar surface area (TPSA) is 170 Å². The van der Waals surface area contributed by atoms with Gasteiger partial charge in [0.25, 0.3) is 0 Å². The second kappa shape index (κ2) is 15.7. The molecule has 1 unspecified atom stereocenters. The zero-order valence-corrected chi connectivity index (χ0v) is 22.8. The van der Waals surface area contributed by atoms with E-state index in [-0.39, 0.29) is 56.0 Å². The Labute approximate surface area is 222 Å². The number of carbonyl (C=O) groups excluding carboxylic acids is 3. The Morgan fingerprint density at radius 2 is 1.42 bits per heavy atom. The van der Waals surface area contributed by atoms with Gasteiger partial charge in [-0.2, -0.15) is 0 Å². The van der Waals surface area contributed by atoms with Gasteiger partial charge in [-0.3, -0.25) is 4.79 Å². The van der Waals surface area contributed by atoms with Crippen LogP contribution in [0.1, 0.15) is 59.9 Å². The SMILES string of the molecule is CCCOC(=O)O[C@@H](C)CC(N)(Cc1ccc(OC(=O)OCC(C)C)c(OC(=O)OCC(C)C)c1)C(=O)O. The molecule has 1 aromatic rings. The van der Waals surface area contributed by atoms with E-state index in [2.05, 4.69) is 0 Å². The Hall–Kier alpha value is -3.54. The minimum absolute atomic E-state index is 0.0486. The van der Waals surface area contributed by atoms with Crippen molar-refractivity contribution >= 4 is 24.4 Å². The van der Waals surface area contributed by atoms with E-state index in [0.717, 1.165) is 0 Å². The summed E-state index contributed by atoms with van der Waals surface area (Å²) in [5.74, 6) is -1.56. The van der Waals surface area contributed by atoms with E-state index in [4.69, 9.17) is 34.2 Å². The summed E-state index contributed by atoms with van der Waals surface area (Å²) in [6, 6.07) is 4.09. The highest BCUT2D eigenvalue weighted by Crippen LogP contribution is 2.31. The van der Waals surface area contributed by atoms with Gasteiger partial charge in [-0.1, -0.05) is 40.7 Å². The number of carboxylic acids is 1. The quantitative estimate of drug-likeness (QED) is 0.189. The summed E-state index contributed by atoms with van der Waals surface area (Å²) in [7, 11) is 0. The van der Waals surface area contributed by atoms with Crippen molar-refractivity contribution in [3.05, 3.63) is 23.8 Å². The smallest absolute Gasteiger partial charge is 0.480 e. The number of nitrogens with two attached hydrogens (primary N) is 1. The Balaban J connectivity index is 3.13. The van der Waals surface area contributed by atoms with E-state index in [1.807, 2.05) is 34.6 Å².